The third-order valence-corrected chi connectivity index (χ3v) is 6.94. The fraction of sp³-hybridized carbons (Fsp3) is 0.280. The number of hydrogen-bond acceptors (Lipinski definition) is 5. The summed E-state index contributed by atoms with van der Waals surface area (Å²) < 4.78 is 5.12. The van der Waals surface area contributed by atoms with Crippen molar-refractivity contribution in [3.05, 3.63) is 75.8 Å². The van der Waals surface area contributed by atoms with Crippen LogP contribution in [0.15, 0.2) is 54.6 Å². The molecule has 3 amide bonds. The predicted octanol–water partition coefficient (Wildman–Crippen LogP) is 4.44. The first kappa shape index (κ1) is 24.0. The van der Waals surface area contributed by atoms with Gasteiger partial charge in [-0.05, 0) is 54.8 Å². The zero-order valence-electron chi connectivity index (χ0n) is 18.5. The number of benzene rings is 2. The van der Waals surface area contributed by atoms with Crippen molar-refractivity contribution in [1.29, 1.82) is 0 Å². The number of ketones is 1. The van der Waals surface area contributed by atoms with Crippen molar-refractivity contribution in [3.63, 3.8) is 0 Å². The lowest BCUT2D eigenvalue weighted by atomic mass is 9.78. The van der Waals surface area contributed by atoms with Gasteiger partial charge in [0.2, 0.25) is 0 Å². The van der Waals surface area contributed by atoms with Crippen molar-refractivity contribution >= 4 is 46.7 Å². The van der Waals surface area contributed by atoms with Gasteiger partial charge in [-0.3, -0.25) is 19.2 Å². The molecule has 1 aliphatic heterocycles. The first-order chi connectivity index (χ1) is 16.2. The number of ether oxygens (including phenoxy) is 1. The fourth-order valence-electron chi connectivity index (χ4n) is 4.38. The molecule has 34 heavy (non-hydrogen) atoms. The van der Waals surface area contributed by atoms with Gasteiger partial charge in [0.1, 0.15) is 12.3 Å². The summed E-state index contributed by atoms with van der Waals surface area (Å²) in [6.45, 7) is 1.35. The van der Waals surface area contributed by atoms with Crippen LogP contribution in [0.3, 0.4) is 0 Å². The second kappa shape index (κ2) is 9.60. The van der Waals surface area contributed by atoms with Crippen molar-refractivity contribution < 1.29 is 23.9 Å². The lowest BCUT2D eigenvalue weighted by molar-refractivity contribution is -0.154. The summed E-state index contributed by atoms with van der Waals surface area (Å²) in [5, 5.41) is 2.14. The maximum Gasteiger partial charge on any atom is 0.273 e. The first-order valence-corrected chi connectivity index (χ1v) is 11.5. The lowest BCUT2D eigenvalue weighted by Gasteiger charge is -2.30. The zero-order valence-corrected chi connectivity index (χ0v) is 20.0. The third-order valence-electron chi connectivity index (χ3n) is 6.20. The smallest absolute Gasteiger partial charge is 0.273 e. The summed E-state index contributed by atoms with van der Waals surface area (Å²) in [5.41, 5.74) is 0.401. The highest BCUT2D eigenvalue weighted by Crippen LogP contribution is 2.39. The van der Waals surface area contributed by atoms with Gasteiger partial charge in [-0.15, -0.1) is 0 Å². The molecular formula is C25H22Cl2N2O5. The van der Waals surface area contributed by atoms with E-state index in [0.29, 0.717) is 17.7 Å². The number of imide groups is 1. The molecule has 4 rings (SSSR count). The fourth-order valence-corrected chi connectivity index (χ4v) is 4.68. The van der Waals surface area contributed by atoms with E-state index in [0.717, 1.165) is 10.0 Å². The molecule has 7 nitrogen and oxygen atoms in total. The van der Waals surface area contributed by atoms with Gasteiger partial charge >= 0.3 is 0 Å². The molecule has 2 aromatic carbocycles. The standard InChI is InChI=1S/C25H22Cl2N2O5/c1-14-4-3-5-18-22(14)25(33)29(24(18)32)28(23(31)16-8-11-19(26)20(27)12-16)13-21(30)15-6-9-17(34-2)10-7-15/h3-4,6-12,14,18,22H,5,13H2,1-2H3/t14-,18-,22+/m1/s1. The number of carbonyl (C=O) groups is 4. The first-order valence-electron chi connectivity index (χ1n) is 10.7. The van der Waals surface area contributed by atoms with Crippen LogP contribution < -0.4 is 4.74 Å². The summed E-state index contributed by atoms with van der Waals surface area (Å²) in [4.78, 5) is 53.3. The van der Waals surface area contributed by atoms with E-state index in [-0.39, 0.29) is 21.5 Å². The number of rotatable bonds is 6. The number of amides is 3. The molecule has 176 valence electrons. The predicted molar refractivity (Wildman–Crippen MR) is 127 cm³/mol. The summed E-state index contributed by atoms with van der Waals surface area (Å²) in [6.07, 6.45) is 4.16. The van der Waals surface area contributed by atoms with Crippen LogP contribution in [-0.2, 0) is 9.59 Å². The van der Waals surface area contributed by atoms with E-state index in [9.17, 15) is 19.2 Å². The van der Waals surface area contributed by atoms with Gasteiger partial charge in [0.05, 0.1) is 29.0 Å². The molecule has 2 aromatic rings. The molecular weight excluding hydrogens is 479 g/mol. The minimum Gasteiger partial charge on any atom is -0.497 e. The van der Waals surface area contributed by atoms with Crippen LogP contribution >= 0.6 is 23.2 Å². The molecule has 0 N–H and O–H groups in total. The van der Waals surface area contributed by atoms with Crippen LogP contribution in [0.5, 0.6) is 5.75 Å². The number of halogens is 2. The van der Waals surface area contributed by atoms with Gasteiger partial charge in [0, 0.05) is 11.1 Å². The SMILES string of the molecule is COc1ccc(C(=O)CN(C(=O)c2ccc(Cl)c(Cl)c2)N2C(=O)[C@H]3[C@H](C)C=CC[C@H]3C2=O)cc1. The largest absolute Gasteiger partial charge is 0.497 e. The molecule has 0 aromatic heterocycles. The van der Waals surface area contributed by atoms with Crippen molar-refractivity contribution in [2.75, 3.05) is 13.7 Å². The number of hydrogen-bond donors (Lipinski definition) is 0. The Kier molecular flexibility index (Phi) is 6.77. The summed E-state index contributed by atoms with van der Waals surface area (Å²) >= 11 is 12.1. The number of methoxy groups -OCH3 is 1. The van der Waals surface area contributed by atoms with Gasteiger partial charge in [0.15, 0.2) is 5.78 Å². The van der Waals surface area contributed by atoms with Crippen LogP contribution in [0.25, 0.3) is 0 Å². The number of fused-ring (bicyclic) bond motifs is 1. The van der Waals surface area contributed by atoms with E-state index >= 15 is 0 Å². The summed E-state index contributed by atoms with van der Waals surface area (Å²) in [6, 6.07) is 10.6. The minimum atomic E-state index is -0.707. The Morgan fingerprint density at radius 2 is 1.71 bits per heavy atom. The van der Waals surface area contributed by atoms with Crippen molar-refractivity contribution in [2.24, 2.45) is 17.8 Å². The number of nitrogens with zero attached hydrogens (tertiary/aromatic N) is 2. The average molecular weight is 501 g/mol. The lowest BCUT2D eigenvalue weighted by Crippen LogP contribution is -2.52. The molecule has 0 saturated carbocycles. The molecule has 0 bridgehead atoms. The Hall–Kier alpha value is -3.16. The molecule has 2 aliphatic rings. The topological polar surface area (TPSA) is 84.0 Å². The molecule has 1 fully saturated rings. The van der Waals surface area contributed by atoms with E-state index in [1.165, 1.54) is 25.3 Å². The summed E-state index contributed by atoms with van der Waals surface area (Å²) in [7, 11) is 1.51. The molecule has 0 unspecified atom stereocenters. The van der Waals surface area contributed by atoms with Crippen LogP contribution in [0, 0.1) is 17.8 Å². The zero-order chi connectivity index (χ0) is 24.6. The van der Waals surface area contributed by atoms with Gasteiger partial charge in [-0.1, -0.05) is 42.3 Å². The van der Waals surface area contributed by atoms with E-state index in [4.69, 9.17) is 27.9 Å². The Morgan fingerprint density at radius 1 is 1.03 bits per heavy atom. The van der Waals surface area contributed by atoms with Crippen molar-refractivity contribution in [2.45, 2.75) is 13.3 Å². The van der Waals surface area contributed by atoms with Gasteiger partial charge in [0.25, 0.3) is 17.7 Å². The normalized spacial score (nSPS) is 21.4. The van der Waals surface area contributed by atoms with E-state index in [1.807, 2.05) is 19.1 Å². The van der Waals surface area contributed by atoms with E-state index in [2.05, 4.69) is 0 Å². The van der Waals surface area contributed by atoms with Crippen molar-refractivity contribution in [3.8, 4) is 5.75 Å². The number of Topliss-reactive ketones (excluding diaryl/α,β-unsaturated/α-hetero) is 1. The molecule has 1 heterocycles. The third kappa shape index (κ3) is 4.33. The Bertz CT molecular complexity index is 1190. The Labute approximate surface area is 206 Å². The minimum absolute atomic E-state index is 0.0959. The monoisotopic (exact) mass is 500 g/mol. The van der Waals surface area contributed by atoms with Crippen LogP contribution in [0.4, 0.5) is 0 Å². The number of hydrazine groups is 1. The van der Waals surface area contributed by atoms with E-state index < -0.39 is 41.9 Å². The van der Waals surface area contributed by atoms with Crippen LogP contribution in [0.1, 0.15) is 34.1 Å². The highest BCUT2D eigenvalue weighted by atomic mass is 35.5. The molecule has 1 saturated heterocycles. The highest BCUT2D eigenvalue weighted by molar-refractivity contribution is 6.42. The molecule has 1 aliphatic carbocycles. The molecule has 0 spiro atoms. The second-order valence-corrected chi connectivity index (χ2v) is 9.10. The maximum absolute atomic E-state index is 13.5. The van der Waals surface area contributed by atoms with Crippen LogP contribution in [-0.4, -0.2) is 47.2 Å². The number of allylic oxidation sites excluding steroid dienone is 2. The number of carbonyl (C=O) groups excluding carboxylic acids is 4. The van der Waals surface area contributed by atoms with E-state index in [1.54, 1.807) is 24.3 Å². The van der Waals surface area contributed by atoms with Crippen molar-refractivity contribution in [1.82, 2.24) is 10.0 Å². The van der Waals surface area contributed by atoms with Gasteiger partial charge in [-0.25, -0.2) is 5.01 Å². The quantitative estimate of drug-likeness (QED) is 0.332. The van der Waals surface area contributed by atoms with Gasteiger partial charge in [-0.2, -0.15) is 5.01 Å². The Morgan fingerprint density at radius 3 is 2.32 bits per heavy atom. The molecule has 9 heteroatoms. The van der Waals surface area contributed by atoms with Gasteiger partial charge < -0.3 is 4.74 Å². The molecule has 0 radical (unpaired) electrons. The molecule has 3 atom stereocenters. The second-order valence-electron chi connectivity index (χ2n) is 8.29. The maximum atomic E-state index is 13.5. The average Bonchev–Trinajstić information content (AvgIpc) is 3.09. The highest BCUT2D eigenvalue weighted by Gasteiger charge is 2.53. The Balaban J connectivity index is 1.71. The summed E-state index contributed by atoms with van der Waals surface area (Å²) in [5.74, 6) is -2.91. The van der Waals surface area contributed by atoms with Crippen LogP contribution in [0.2, 0.25) is 10.0 Å².